The van der Waals surface area contributed by atoms with Gasteiger partial charge in [0.15, 0.2) is 5.17 Å². The monoisotopic (exact) mass is 350 g/mol. The maximum atomic E-state index is 6.06. The molecule has 0 bridgehead atoms. The lowest BCUT2D eigenvalue weighted by atomic mass is 10.1. The summed E-state index contributed by atoms with van der Waals surface area (Å²) in [6, 6.07) is 7.26. The van der Waals surface area contributed by atoms with Crippen LogP contribution in [0.4, 0.5) is 0 Å². The van der Waals surface area contributed by atoms with Gasteiger partial charge in [-0.3, -0.25) is 0 Å². The molecule has 0 atom stereocenters. The van der Waals surface area contributed by atoms with Gasteiger partial charge >= 0.3 is 0 Å². The summed E-state index contributed by atoms with van der Waals surface area (Å²) < 4.78 is 0. The Morgan fingerprint density at radius 3 is 2.71 bits per heavy atom. The van der Waals surface area contributed by atoms with Gasteiger partial charge in [-0.2, -0.15) is 0 Å². The lowest BCUT2D eigenvalue weighted by Crippen LogP contribution is -2.31. The maximum Gasteiger partial charge on any atom is 0.175 e. The topological polar surface area (TPSA) is 24.8 Å². The third-order valence-electron chi connectivity index (χ3n) is 3.37. The van der Waals surface area contributed by atoms with E-state index in [1.165, 1.54) is 32.4 Å². The van der Waals surface area contributed by atoms with Crippen molar-refractivity contribution in [1.29, 1.82) is 0 Å². The summed E-state index contributed by atoms with van der Waals surface area (Å²) in [5.74, 6) is 0. The molecule has 0 aromatic heterocycles. The first kappa shape index (κ1) is 18.6. The first-order valence-corrected chi connectivity index (χ1v) is 7.85. The highest BCUT2D eigenvalue weighted by Crippen LogP contribution is 2.13. The van der Waals surface area contributed by atoms with Crippen LogP contribution in [0.1, 0.15) is 31.2 Å². The van der Waals surface area contributed by atoms with Gasteiger partial charge in [0.2, 0.25) is 0 Å². The van der Waals surface area contributed by atoms with E-state index >= 15 is 0 Å². The molecule has 1 aliphatic heterocycles. The molecule has 2 rings (SSSR count). The zero-order valence-corrected chi connectivity index (χ0v) is 14.3. The summed E-state index contributed by atoms with van der Waals surface area (Å²) in [5, 5.41) is 4.90. The van der Waals surface area contributed by atoms with Crippen molar-refractivity contribution < 1.29 is 4.84 Å². The van der Waals surface area contributed by atoms with Gasteiger partial charge in [0.05, 0.1) is 0 Å². The minimum absolute atomic E-state index is 0. The van der Waals surface area contributed by atoms with Crippen molar-refractivity contribution in [2.45, 2.75) is 25.7 Å². The third kappa shape index (κ3) is 6.88. The summed E-state index contributed by atoms with van der Waals surface area (Å²) in [5.41, 5.74) is 0.773. The molecule has 118 valence electrons. The van der Waals surface area contributed by atoms with E-state index in [1.54, 1.807) is 12.1 Å². The van der Waals surface area contributed by atoms with Gasteiger partial charge in [-0.15, -0.1) is 12.4 Å². The van der Waals surface area contributed by atoms with Crippen LogP contribution in [0.15, 0.2) is 29.4 Å². The summed E-state index contributed by atoms with van der Waals surface area (Å²) in [6.07, 6.45) is 4.98. The molecule has 0 spiro atoms. The van der Waals surface area contributed by atoms with Gasteiger partial charge in [-0.1, -0.05) is 46.9 Å². The van der Waals surface area contributed by atoms with Crippen LogP contribution in [0.3, 0.4) is 0 Å². The number of likely N-dealkylation sites (tertiary alicyclic amines) is 1. The fourth-order valence-electron chi connectivity index (χ4n) is 2.31. The summed E-state index contributed by atoms with van der Waals surface area (Å²) in [6.45, 7) is 4.09. The molecule has 0 saturated carbocycles. The van der Waals surface area contributed by atoms with E-state index in [2.05, 4.69) is 10.1 Å². The third-order valence-corrected chi connectivity index (χ3v) is 3.89. The van der Waals surface area contributed by atoms with E-state index < -0.39 is 0 Å². The van der Waals surface area contributed by atoms with Crippen LogP contribution >= 0.6 is 35.6 Å². The van der Waals surface area contributed by atoms with Crippen molar-refractivity contribution in [2.75, 3.05) is 26.2 Å². The SMILES string of the molecule is Cl.Cl/C(=N\OCCCN1CCCCC1)c1cccc(Cl)c1. The number of halogens is 3. The summed E-state index contributed by atoms with van der Waals surface area (Å²) >= 11 is 12.0. The molecule has 0 unspecified atom stereocenters. The standard InChI is InChI=1S/C15H20Cl2N2O.ClH/c16-14-7-4-6-13(12-14)15(17)18-20-11-5-10-19-8-2-1-3-9-19;/h4,6-7,12H,1-3,5,8-11H2;1H/b18-15-;. The minimum atomic E-state index is 0. The Kier molecular flexibility index (Phi) is 9.09. The van der Waals surface area contributed by atoms with Crippen LogP contribution in [0, 0.1) is 0 Å². The molecule has 1 heterocycles. The number of piperidine rings is 1. The highest BCUT2D eigenvalue weighted by molar-refractivity contribution is 6.69. The van der Waals surface area contributed by atoms with Crippen LogP contribution in [0.5, 0.6) is 0 Å². The van der Waals surface area contributed by atoms with Gasteiger partial charge in [-0.05, 0) is 44.5 Å². The molecule has 1 aromatic rings. The molecule has 3 nitrogen and oxygen atoms in total. The van der Waals surface area contributed by atoms with Crippen LogP contribution in [0.25, 0.3) is 0 Å². The van der Waals surface area contributed by atoms with E-state index in [0.29, 0.717) is 16.8 Å². The maximum absolute atomic E-state index is 6.06. The molecule has 1 fully saturated rings. The van der Waals surface area contributed by atoms with Crippen molar-refractivity contribution in [1.82, 2.24) is 4.90 Å². The Bertz CT molecular complexity index is 448. The molecule has 0 N–H and O–H groups in total. The normalized spacial score (nSPS) is 16.4. The average molecular weight is 352 g/mol. The van der Waals surface area contributed by atoms with E-state index in [1.807, 2.05) is 12.1 Å². The Balaban J connectivity index is 0.00000220. The minimum Gasteiger partial charge on any atom is -0.395 e. The van der Waals surface area contributed by atoms with Crippen LogP contribution in [0.2, 0.25) is 5.02 Å². The zero-order chi connectivity index (χ0) is 14.2. The predicted octanol–water partition coefficient (Wildman–Crippen LogP) is 4.55. The van der Waals surface area contributed by atoms with Crippen molar-refractivity contribution in [3.63, 3.8) is 0 Å². The van der Waals surface area contributed by atoms with Crippen molar-refractivity contribution in [3.8, 4) is 0 Å². The lowest BCUT2D eigenvalue weighted by Gasteiger charge is -2.25. The Morgan fingerprint density at radius 1 is 1.24 bits per heavy atom. The molecule has 1 aromatic carbocycles. The first-order valence-electron chi connectivity index (χ1n) is 7.09. The van der Waals surface area contributed by atoms with E-state index in [4.69, 9.17) is 28.0 Å². The molecule has 0 radical (unpaired) electrons. The van der Waals surface area contributed by atoms with Crippen molar-refractivity contribution >= 4 is 40.8 Å². The van der Waals surface area contributed by atoms with E-state index in [9.17, 15) is 0 Å². The number of benzene rings is 1. The van der Waals surface area contributed by atoms with Crippen LogP contribution < -0.4 is 0 Å². The smallest absolute Gasteiger partial charge is 0.175 e. The Hall–Kier alpha value is -0.480. The highest BCUT2D eigenvalue weighted by Gasteiger charge is 2.09. The largest absolute Gasteiger partial charge is 0.395 e. The Morgan fingerprint density at radius 2 is 2.00 bits per heavy atom. The summed E-state index contributed by atoms with van der Waals surface area (Å²) in [7, 11) is 0. The van der Waals surface area contributed by atoms with Gasteiger partial charge in [0, 0.05) is 17.1 Å². The average Bonchev–Trinajstić information content (AvgIpc) is 2.48. The number of hydrogen-bond acceptors (Lipinski definition) is 3. The number of nitrogens with zero attached hydrogens (tertiary/aromatic N) is 2. The first-order chi connectivity index (χ1) is 9.75. The van der Waals surface area contributed by atoms with Crippen LogP contribution in [-0.2, 0) is 4.84 Å². The van der Waals surface area contributed by atoms with Crippen molar-refractivity contribution in [3.05, 3.63) is 34.9 Å². The van der Waals surface area contributed by atoms with Gasteiger partial charge < -0.3 is 9.74 Å². The van der Waals surface area contributed by atoms with Crippen LogP contribution in [-0.4, -0.2) is 36.3 Å². The molecule has 6 heteroatoms. The molecular formula is C15H21Cl3N2O. The lowest BCUT2D eigenvalue weighted by molar-refractivity contribution is 0.125. The van der Waals surface area contributed by atoms with Gasteiger partial charge in [0.25, 0.3) is 0 Å². The van der Waals surface area contributed by atoms with E-state index in [0.717, 1.165) is 18.5 Å². The molecule has 0 amide bonds. The molecule has 1 saturated heterocycles. The Labute approximate surface area is 142 Å². The summed E-state index contributed by atoms with van der Waals surface area (Å²) in [4.78, 5) is 7.75. The molecule has 1 aliphatic rings. The number of rotatable bonds is 6. The number of oxime groups is 1. The molecular weight excluding hydrogens is 331 g/mol. The predicted molar refractivity (Wildman–Crippen MR) is 92.0 cm³/mol. The molecule has 21 heavy (non-hydrogen) atoms. The fraction of sp³-hybridized carbons (Fsp3) is 0.533. The quantitative estimate of drug-likeness (QED) is 0.426. The van der Waals surface area contributed by atoms with E-state index in [-0.39, 0.29) is 12.4 Å². The zero-order valence-electron chi connectivity index (χ0n) is 11.9. The fourth-order valence-corrected chi connectivity index (χ4v) is 2.66. The second kappa shape index (κ2) is 10.3. The second-order valence-corrected chi connectivity index (χ2v) is 5.78. The number of hydrogen-bond donors (Lipinski definition) is 0. The van der Waals surface area contributed by atoms with Gasteiger partial charge in [0.1, 0.15) is 6.61 Å². The van der Waals surface area contributed by atoms with Gasteiger partial charge in [-0.25, -0.2) is 0 Å². The highest BCUT2D eigenvalue weighted by atomic mass is 35.5. The second-order valence-electron chi connectivity index (χ2n) is 4.98. The molecule has 0 aliphatic carbocycles. The van der Waals surface area contributed by atoms with Crippen molar-refractivity contribution in [2.24, 2.45) is 5.16 Å².